The van der Waals surface area contributed by atoms with Crippen LogP contribution in [0.15, 0.2) is 79.0 Å². The maximum atomic E-state index is 4.81. The van der Waals surface area contributed by atoms with Crippen LogP contribution < -0.4 is 0 Å². The second kappa shape index (κ2) is 6.64. The van der Waals surface area contributed by atoms with Crippen LogP contribution in [-0.4, -0.2) is 9.55 Å². The van der Waals surface area contributed by atoms with Crippen molar-refractivity contribution in [2.24, 2.45) is 0 Å². The summed E-state index contributed by atoms with van der Waals surface area (Å²) in [6.07, 6.45) is 1.98. The summed E-state index contributed by atoms with van der Waals surface area (Å²) in [7, 11) is 0. The van der Waals surface area contributed by atoms with Gasteiger partial charge in [0.05, 0.1) is 17.6 Å². The Bertz CT molecular complexity index is 964. The van der Waals surface area contributed by atoms with E-state index in [1.54, 1.807) is 0 Å². The lowest BCUT2D eigenvalue weighted by atomic mass is 10.0. The Balaban J connectivity index is 2.05. The zero-order chi connectivity index (χ0) is 18.1. The van der Waals surface area contributed by atoms with Crippen molar-refractivity contribution in [3.63, 3.8) is 0 Å². The van der Waals surface area contributed by atoms with Gasteiger partial charge in [0.25, 0.3) is 0 Å². The maximum Gasteiger partial charge on any atom is 0.145 e. The van der Waals surface area contributed by atoms with Gasteiger partial charge in [-0.05, 0) is 31.9 Å². The van der Waals surface area contributed by atoms with Crippen molar-refractivity contribution in [1.29, 1.82) is 0 Å². The first-order valence-electron chi connectivity index (χ1n) is 8.92. The van der Waals surface area contributed by atoms with E-state index >= 15 is 0 Å². The normalized spacial score (nSPS) is 10.9. The number of aromatic nitrogens is 2. The predicted octanol–water partition coefficient (Wildman–Crippen LogP) is 6.13. The van der Waals surface area contributed by atoms with Crippen LogP contribution in [0.1, 0.15) is 16.7 Å². The first kappa shape index (κ1) is 16.3. The molecular formula is C24H22N2. The first-order valence-corrected chi connectivity index (χ1v) is 8.92. The van der Waals surface area contributed by atoms with Gasteiger partial charge in [0.15, 0.2) is 0 Å². The molecule has 0 bridgehead atoms. The van der Waals surface area contributed by atoms with Crippen LogP contribution in [0.25, 0.3) is 28.3 Å². The van der Waals surface area contributed by atoms with Crippen LogP contribution in [0.2, 0.25) is 0 Å². The maximum absolute atomic E-state index is 4.81. The Hall–Kier alpha value is -3.13. The molecular weight excluding hydrogens is 316 g/mol. The molecule has 0 spiro atoms. The second-order valence-corrected chi connectivity index (χ2v) is 6.78. The molecule has 0 aliphatic carbocycles. The van der Waals surface area contributed by atoms with Gasteiger partial charge in [0.2, 0.25) is 0 Å². The van der Waals surface area contributed by atoms with Crippen LogP contribution in [0.4, 0.5) is 0 Å². The molecule has 0 amide bonds. The van der Waals surface area contributed by atoms with E-state index in [1.807, 2.05) is 18.3 Å². The quantitative estimate of drug-likeness (QED) is 0.439. The number of benzene rings is 3. The van der Waals surface area contributed by atoms with Crippen molar-refractivity contribution in [3.05, 3.63) is 95.7 Å². The molecule has 2 heteroatoms. The van der Waals surface area contributed by atoms with E-state index in [-0.39, 0.29) is 0 Å². The van der Waals surface area contributed by atoms with Crippen molar-refractivity contribution in [3.8, 4) is 28.3 Å². The molecule has 1 aromatic heterocycles. The highest BCUT2D eigenvalue weighted by atomic mass is 15.1. The van der Waals surface area contributed by atoms with E-state index in [2.05, 4.69) is 86.0 Å². The van der Waals surface area contributed by atoms with Gasteiger partial charge < -0.3 is 0 Å². The Kier molecular flexibility index (Phi) is 4.18. The van der Waals surface area contributed by atoms with Gasteiger partial charge in [0.1, 0.15) is 5.82 Å². The predicted molar refractivity (Wildman–Crippen MR) is 109 cm³/mol. The van der Waals surface area contributed by atoms with Crippen LogP contribution in [0, 0.1) is 20.8 Å². The van der Waals surface area contributed by atoms with Crippen molar-refractivity contribution >= 4 is 0 Å². The Morgan fingerprint density at radius 2 is 1.23 bits per heavy atom. The molecule has 4 aromatic rings. The molecule has 0 N–H and O–H groups in total. The van der Waals surface area contributed by atoms with Gasteiger partial charge in [-0.1, -0.05) is 78.4 Å². The third-order valence-electron chi connectivity index (χ3n) is 4.72. The molecule has 2 nitrogen and oxygen atoms in total. The minimum Gasteiger partial charge on any atom is -0.292 e. The summed E-state index contributed by atoms with van der Waals surface area (Å²) in [5.74, 6) is 0.972. The third kappa shape index (κ3) is 2.84. The minimum absolute atomic E-state index is 0.972. The highest BCUT2D eigenvalue weighted by Crippen LogP contribution is 2.33. The van der Waals surface area contributed by atoms with Crippen LogP contribution in [0.5, 0.6) is 0 Å². The smallest absolute Gasteiger partial charge is 0.145 e. The minimum atomic E-state index is 0.972. The van der Waals surface area contributed by atoms with Gasteiger partial charge in [0, 0.05) is 11.1 Å². The lowest BCUT2D eigenvalue weighted by Crippen LogP contribution is -2.05. The van der Waals surface area contributed by atoms with Crippen molar-refractivity contribution in [1.82, 2.24) is 9.55 Å². The summed E-state index contributed by atoms with van der Waals surface area (Å²) in [5.41, 5.74) is 8.41. The third-order valence-corrected chi connectivity index (χ3v) is 4.72. The number of imidazole rings is 1. The monoisotopic (exact) mass is 338 g/mol. The molecule has 0 atom stereocenters. The Labute approximate surface area is 154 Å². The highest BCUT2D eigenvalue weighted by molar-refractivity contribution is 5.71. The number of rotatable bonds is 3. The number of hydrogen-bond donors (Lipinski definition) is 0. The Morgan fingerprint density at radius 1 is 0.692 bits per heavy atom. The average molecular weight is 338 g/mol. The number of aryl methyl sites for hydroxylation is 3. The van der Waals surface area contributed by atoms with Crippen molar-refractivity contribution in [2.75, 3.05) is 0 Å². The molecule has 0 saturated heterocycles. The molecule has 0 aliphatic heterocycles. The van der Waals surface area contributed by atoms with Crippen LogP contribution >= 0.6 is 0 Å². The molecule has 3 aromatic carbocycles. The van der Waals surface area contributed by atoms with Gasteiger partial charge in [-0.3, -0.25) is 4.57 Å². The summed E-state index contributed by atoms with van der Waals surface area (Å²) in [6, 6.07) is 25.4. The lowest BCUT2D eigenvalue weighted by Gasteiger charge is -2.18. The van der Waals surface area contributed by atoms with Crippen LogP contribution in [-0.2, 0) is 0 Å². The SMILES string of the molecule is Cc1cc(C)c(-n2c(-c3ccccc3)cnc2-c2ccccc2)c(C)c1. The largest absolute Gasteiger partial charge is 0.292 e. The molecule has 0 saturated carbocycles. The van der Waals surface area contributed by atoms with Crippen molar-refractivity contribution in [2.45, 2.75) is 20.8 Å². The van der Waals surface area contributed by atoms with E-state index in [1.165, 1.54) is 27.9 Å². The zero-order valence-electron chi connectivity index (χ0n) is 15.4. The summed E-state index contributed by atoms with van der Waals surface area (Å²) in [5, 5.41) is 0. The molecule has 0 fully saturated rings. The van der Waals surface area contributed by atoms with Crippen LogP contribution in [0.3, 0.4) is 0 Å². The van der Waals surface area contributed by atoms with E-state index in [4.69, 9.17) is 4.98 Å². The number of nitrogens with zero attached hydrogens (tertiary/aromatic N) is 2. The van der Waals surface area contributed by atoms with Gasteiger partial charge >= 0.3 is 0 Å². The van der Waals surface area contributed by atoms with Crippen molar-refractivity contribution < 1.29 is 0 Å². The van der Waals surface area contributed by atoms with Gasteiger partial charge in [-0.25, -0.2) is 4.98 Å². The summed E-state index contributed by atoms with van der Waals surface area (Å²) < 4.78 is 2.30. The summed E-state index contributed by atoms with van der Waals surface area (Å²) >= 11 is 0. The Morgan fingerprint density at radius 3 is 1.81 bits per heavy atom. The molecule has 128 valence electrons. The standard InChI is InChI=1S/C24H22N2/c1-17-14-18(2)23(19(3)15-17)26-22(20-10-6-4-7-11-20)16-25-24(26)21-12-8-5-9-13-21/h4-16H,1-3H3. The molecule has 0 unspecified atom stereocenters. The zero-order valence-corrected chi connectivity index (χ0v) is 15.4. The number of hydrogen-bond acceptors (Lipinski definition) is 1. The topological polar surface area (TPSA) is 17.8 Å². The summed E-state index contributed by atoms with van der Waals surface area (Å²) in [4.78, 5) is 4.81. The van der Waals surface area contributed by atoms with E-state index in [0.717, 1.165) is 17.1 Å². The molecule has 0 aliphatic rings. The fourth-order valence-electron chi connectivity index (χ4n) is 3.71. The molecule has 4 rings (SSSR count). The van der Waals surface area contributed by atoms with E-state index < -0.39 is 0 Å². The average Bonchev–Trinajstić information content (AvgIpc) is 3.07. The molecule has 0 radical (unpaired) electrons. The summed E-state index contributed by atoms with van der Waals surface area (Å²) in [6.45, 7) is 6.51. The first-order chi connectivity index (χ1) is 12.6. The molecule has 26 heavy (non-hydrogen) atoms. The lowest BCUT2D eigenvalue weighted by molar-refractivity contribution is 1.03. The fraction of sp³-hybridized carbons (Fsp3) is 0.125. The van der Waals surface area contributed by atoms with E-state index in [0.29, 0.717) is 0 Å². The van der Waals surface area contributed by atoms with Gasteiger partial charge in [-0.15, -0.1) is 0 Å². The van der Waals surface area contributed by atoms with Gasteiger partial charge in [-0.2, -0.15) is 0 Å². The fourth-order valence-corrected chi connectivity index (χ4v) is 3.71. The highest BCUT2D eigenvalue weighted by Gasteiger charge is 2.18. The molecule has 1 heterocycles. The second-order valence-electron chi connectivity index (χ2n) is 6.78. The van der Waals surface area contributed by atoms with E-state index in [9.17, 15) is 0 Å².